The van der Waals surface area contributed by atoms with Crippen molar-refractivity contribution in [3.63, 3.8) is 0 Å². The van der Waals surface area contributed by atoms with Crippen molar-refractivity contribution in [3.05, 3.63) is 16.7 Å². The largest absolute Gasteiger partial charge is 0.114 e. The van der Waals surface area contributed by atoms with Crippen molar-refractivity contribution in [1.82, 2.24) is 0 Å². The van der Waals surface area contributed by atoms with E-state index in [9.17, 15) is 0 Å². The van der Waals surface area contributed by atoms with Crippen LogP contribution in [0.2, 0.25) is 0 Å². The van der Waals surface area contributed by atoms with Gasteiger partial charge in [-0.3, -0.25) is 0 Å². The normalized spacial score (nSPS) is 10.9. The molecule has 1 rings (SSSR count). The molecule has 0 unspecified atom stereocenters. The molecule has 0 N–H and O–H groups in total. The summed E-state index contributed by atoms with van der Waals surface area (Å²) >= 11 is 0. The predicted octanol–water partition coefficient (Wildman–Crippen LogP) is -0.900. The molecule has 0 spiro atoms. The van der Waals surface area contributed by atoms with Gasteiger partial charge in [-0.2, -0.15) is 0 Å². The lowest BCUT2D eigenvalue weighted by atomic mass is 9.02. The van der Waals surface area contributed by atoms with Crippen LogP contribution in [0, 0.1) is 6.92 Å². The van der Waals surface area contributed by atoms with E-state index in [0.717, 1.165) is 33.1 Å². The third kappa shape index (κ3) is 3.12. The fourth-order valence-corrected chi connectivity index (χ4v) is 3.06. The summed E-state index contributed by atoms with van der Waals surface area (Å²) in [4.78, 5) is 0. The second-order valence-electron chi connectivity index (χ2n) is 5.89. The summed E-state index contributed by atoms with van der Waals surface area (Å²) in [6.07, 6.45) is 0. The summed E-state index contributed by atoms with van der Waals surface area (Å²) in [6.45, 7) is 10.2. The highest BCUT2D eigenvalue weighted by Gasteiger charge is 2.23. The van der Waals surface area contributed by atoms with Crippen LogP contribution in [-0.4, -0.2) is 51.8 Å². The fraction of sp³-hybridized carbons (Fsp3) is 0.538. The minimum absolute atomic E-state index is 0.270. The second kappa shape index (κ2) is 7.10. The molecule has 0 saturated heterocycles. The lowest BCUT2D eigenvalue weighted by Gasteiger charge is -2.30. The molecule has 0 amide bonds. The van der Waals surface area contributed by atoms with Crippen LogP contribution in [0.1, 0.15) is 56.2 Å². The Morgan fingerprint density at radius 1 is 1.00 bits per heavy atom. The molecular formula is C13H17B7. The number of rotatable bonds is 5. The van der Waals surface area contributed by atoms with E-state index in [1.54, 1.807) is 7.17 Å². The standard InChI is InChI=1S/C13H17B7/c1-6(2)9-8(5)13(20(17)19-16)12(18-15)10(7(3)4)11(9)14/h6-7H,1-5H3. The SMILES string of the molecule is [B][B]B([B])c1c(C)c(C(C)C)c([B])c(C(C)C)c1[B][B]. The van der Waals surface area contributed by atoms with Crippen molar-refractivity contribution in [2.75, 3.05) is 0 Å². The predicted molar refractivity (Wildman–Crippen MR) is 98.5 cm³/mol. The maximum Gasteiger partial charge on any atom is 0.114 e. The van der Waals surface area contributed by atoms with E-state index in [1.807, 2.05) is 6.92 Å². The molecule has 0 heterocycles. The van der Waals surface area contributed by atoms with E-state index in [2.05, 4.69) is 27.7 Å². The van der Waals surface area contributed by atoms with Crippen molar-refractivity contribution in [2.45, 2.75) is 46.5 Å². The number of hydrogen-bond donors (Lipinski definition) is 0. The van der Waals surface area contributed by atoms with Gasteiger partial charge in [-0.25, -0.2) is 0 Å². The van der Waals surface area contributed by atoms with Gasteiger partial charge in [-0.15, -0.1) is 10.9 Å². The van der Waals surface area contributed by atoms with Crippen molar-refractivity contribution in [1.29, 1.82) is 0 Å². The molecule has 7 heteroatoms. The summed E-state index contributed by atoms with van der Waals surface area (Å²) < 4.78 is 0. The monoisotopic (exact) mass is 250 g/mol. The molecule has 0 saturated carbocycles. The Morgan fingerprint density at radius 2 is 1.50 bits per heavy atom. The maximum absolute atomic E-state index is 6.42. The van der Waals surface area contributed by atoms with Crippen molar-refractivity contribution in [3.8, 4) is 0 Å². The third-order valence-corrected chi connectivity index (χ3v) is 3.83. The number of benzene rings is 1. The molecule has 1 aromatic carbocycles. The van der Waals surface area contributed by atoms with E-state index in [0.29, 0.717) is 5.92 Å². The van der Waals surface area contributed by atoms with Gasteiger partial charge in [0.2, 0.25) is 0 Å². The van der Waals surface area contributed by atoms with Crippen molar-refractivity contribution < 1.29 is 0 Å². The molecular weight excluding hydrogens is 232 g/mol. The lowest BCUT2D eigenvalue weighted by molar-refractivity contribution is 0.845. The first-order valence-electron chi connectivity index (χ1n) is 7.09. The van der Waals surface area contributed by atoms with Crippen LogP contribution in [0.4, 0.5) is 0 Å². The molecule has 10 radical (unpaired) electrons. The first-order valence-corrected chi connectivity index (χ1v) is 7.09. The Kier molecular flexibility index (Phi) is 6.29. The zero-order valence-corrected chi connectivity index (χ0v) is 13.2. The van der Waals surface area contributed by atoms with Gasteiger partial charge in [0, 0.05) is 30.3 Å². The summed E-state index contributed by atoms with van der Waals surface area (Å²) in [7, 11) is 27.2. The molecule has 0 aliphatic heterocycles. The summed E-state index contributed by atoms with van der Waals surface area (Å²) in [5.41, 5.74) is 6.04. The molecule has 0 fully saturated rings. The maximum atomic E-state index is 6.42. The van der Waals surface area contributed by atoms with Gasteiger partial charge in [-0.1, -0.05) is 44.3 Å². The highest BCUT2D eigenvalue weighted by Crippen LogP contribution is 2.19. The van der Waals surface area contributed by atoms with E-state index in [4.69, 9.17) is 31.1 Å². The average molecular weight is 249 g/mol. The molecule has 90 valence electrons. The van der Waals surface area contributed by atoms with Gasteiger partial charge in [-0.05, 0) is 24.3 Å². The minimum atomic E-state index is -0.347. The Bertz CT molecular complexity index is 482. The van der Waals surface area contributed by atoms with Crippen molar-refractivity contribution >= 4 is 68.2 Å². The second-order valence-corrected chi connectivity index (χ2v) is 5.89. The first-order chi connectivity index (χ1) is 9.27. The topological polar surface area (TPSA) is 0 Å². The third-order valence-electron chi connectivity index (χ3n) is 3.83. The average Bonchev–Trinajstić information content (AvgIpc) is 2.35. The van der Waals surface area contributed by atoms with Gasteiger partial charge in [0.05, 0.1) is 13.7 Å². The zero-order valence-electron chi connectivity index (χ0n) is 13.2. The van der Waals surface area contributed by atoms with Gasteiger partial charge in [0.1, 0.15) is 7.85 Å². The van der Waals surface area contributed by atoms with Crippen LogP contribution in [-0.2, 0) is 0 Å². The van der Waals surface area contributed by atoms with Crippen LogP contribution < -0.4 is 16.4 Å². The van der Waals surface area contributed by atoms with Crippen LogP contribution in [0.25, 0.3) is 0 Å². The van der Waals surface area contributed by atoms with Gasteiger partial charge < -0.3 is 0 Å². The number of hydrogen-bond acceptors (Lipinski definition) is 0. The highest BCUT2D eigenvalue weighted by atomic mass is 14.2. The Balaban J connectivity index is 3.82. The quantitative estimate of drug-likeness (QED) is 0.593. The van der Waals surface area contributed by atoms with E-state index < -0.39 is 0 Å². The van der Waals surface area contributed by atoms with Crippen LogP contribution in [0.3, 0.4) is 0 Å². The van der Waals surface area contributed by atoms with E-state index in [1.165, 1.54) is 7.06 Å². The summed E-state index contributed by atoms with van der Waals surface area (Å²) in [6, 6.07) is 0. The Labute approximate surface area is 131 Å². The van der Waals surface area contributed by atoms with Crippen LogP contribution >= 0.6 is 0 Å². The lowest BCUT2D eigenvalue weighted by Crippen LogP contribution is -2.54. The molecule has 0 aliphatic rings. The summed E-state index contributed by atoms with van der Waals surface area (Å²) in [5, 5.41) is 0. The van der Waals surface area contributed by atoms with E-state index in [-0.39, 0.29) is 12.4 Å². The molecule has 0 aliphatic carbocycles. The van der Waals surface area contributed by atoms with E-state index >= 15 is 0 Å². The Hall–Kier alpha value is -0.325. The smallest absolute Gasteiger partial charge is 0.103 e. The van der Waals surface area contributed by atoms with Crippen molar-refractivity contribution in [2.24, 2.45) is 0 Å². The van der Waals surface area contributed by atoms with Gasteiger partial charge in [0.25, 0.3) is 0 Å². The fourth-order valence-electron chi connectivity index (χ4n) is 3.06. The molecule has 0 nitrogen and oxygen atoms in total. The first kappa shape index (κ1) is 17.7. The molecule has 0 atom stereocenters. The molecule has 0 aromatic heterocycles. The van der Waals surface area contributed by atoms with Crippen LogP contribution in [0.15, 0.2) is 0 Å². The van der Waals surface area contributed by atoms with Crippen LogP contribution in [0.5, 0.6) is 0 Å². The summed E-state index contributed by atoms with van der Waals surface area (Å²) in [5.74, 6) is 0.592. The molecule has 20 heavy (non-hydrogen) atoms. The minimum Gasteiger partial charge on any atom is -0.103 e. The molecule has 1 aromatic rings. The molecule has 0 bridgehead atoms. The van der Waals surface area contributed by atoms with Gasteiger partial charge in [0.15, 0.2) is 0 Å². The van der Waals surface area contributed by atoms with Gasteiger partial charge >= 0.3 is 0 Å². The zero-order chi connectivity index (χ0) is 15.6. The highest BCUT2D eigenvalue weighted by molar-refractivity contribution is 7.51. The Morgan fingerprint density at radius 3 is 1.85 bits per heavy atom.